The van der Waals surface area contributed by atoms with Crippen LogP contribution in [0.25, 0.3) is 0 Å². The molecule has 4 heteroatoms. The smallest absolute Gasteiger partial charge is 0.126 e. The second kappa shape index (κ2) is 7.56. The summed E-state index contributed by atoms with van der Waals surface area (Å²) in [6, 6.07) is 4.60. The summed E-state index contributed by atoms with van der Waals surface area (Å²) in [6.45, 7) is 10.9. The molecule has 1 aromatic carbocycles. The van der Waals surface area contributed by atoms with E-state index in [0.717, 1.165) is 19.2 Å². The topological polar surface area (TPSA) is 15.3 Å². The first-order valence-electron chi connectivity index (χ1n) is 6.81. The third-order valence-electron chi connectivity index (χ3n) is 3.12. The summed E-state index contributed by atoms with van der Waals surface area (Å²) in [7, 11) is 0. The molecule has 0 fully saturated rings. The van der Waals surface area contributed by atoms with Crippen molar-refractivity contribution in [3.8, 4) is 0 Å². The molecule has 1 rings (SSSR count). The van der Waals surface area contributed by atoms with Crippen molar-refractivity contribution in [2.45, 2.75) is 46.3 Å². The van der Waals surface area contributed by atoms with E-state index < -0.39 is 11.6 Å². The monoisotopic (exact) mass is 270 g/mol. The summed E-state index contributed by atoms with van der Waals surface area (Å²) in [4.78, 5) is 2.37. The van der Waals surface area contributed by atoms with Gasteiger partial charge in [-0.25, -0.2) is 8.78 Å². The van der Waals surface area contributed by atoms with Gasteiger partial charge in [-0.05, 0) is 45.4 Å². The second-order valence-corrected chi connectivity index (χ2v) is 5.38. The van der Waals surface area contributed by atoms with E-state index in [4.69, 9.17) is 0 Å². The lowest BCUT2D eigenvalue weighted by atomic mass is 10.2. The Kier molecular flexibility index (Phi) is 6.38. The Morgan fingerprint density at radius 1 is 1.00 bits per heavy atom. The van der Waals surface area contributed by atoms with Gasteiger partial charge in [-0.2, -0.15) is 0 Å². The van der Waals surface area contributed by atoms with E-state index in [2.05, 4.69) is 37.9 Å². The fourth-order valence-electron chi connectivity index (χ4n) is 2.27. The van der Waals surface area contributed by atoms with Gasteiger partial charge in [0.05, 0.1) is 0 Å². The van der Waals surface area contributed by atoms with Crippen molar-refractivity contribution < 1.29 is 8.78 Å². The fourth-order valence-corrected chi connectivity index (χ4v) is 2.27. The number of nitrogens with one attached hydrogen (secondary N) is 1. The molecular formula is C15H24F2N2. The molecule has 0 aliphatic heterocycles. The van der Waals surface area contributed by atoms with Gasteiger partial charge in [-0.15, -0.1) is 0 Å². The molecule has 0 atom stereocenters. The fraction of sp³-hybridized carbons (Fsp3) is 0.600. The van der Waals surface area contributed by atoms with Crippen LogP contribution >= 0.6 is 0 Å². The highest BCUT2D eigenvalue weighted by atomic mass is 19.1. The molecule has 0 saturated carbocycles. The lowest BCUT2D eigenvalue weighted by Gasteiger charge is -2.30. The summed E-state index contributed by atoms with van der Waals surface area (Å²) in [5.74, 6) is -1.05. The predicted molar refractivity (Wildman–Crippen MR) is 75.0 cm³/mol. The highest BCUT2D eigenvalue weighted by Crippen LogP contribution is 2.08. The summed E-state index contributed by atoms with van der Waals surface area (Å²) >= 11 is 0. The van der Waals surface area contributed by atoms with E-state index in [-0.39, 0.29) is 0 Å². The van der Waals surface area contributed by atoms with Crippen molar-refractivity contribution in [2.75, 3.05) is 13.1 Å². The van der Waals surface area contributed by atoms with Crippen molar-refractivity contribution in [1.82, 2.24) is 10.2 Å². The summed E-state index contributed by atoms with van der Waals surface area (Å²) < 4.78 is 26.0. The quantitative estimate of drug-likeness (QED) is 0.766. The second-order valence-electron chi connectivity index (χ2n) is 5.38. The van der Waals surface area contributed by atoms with Crippen LogP contribution in [0.3, 0.4) is 0 Å². The normalized spacial score (nSPS) is 11.8. The number of rotatable bonds is 7. The molecule has 1 N–H and O–H groups in total. The van der Waals surface area contributed by atoms with Gasteiger partial charge < -0.3 is 5.32 Å². The minimum atomic E-state index is -0.525. The van der Waals surface area contributed by atoms with E-state index in [9.17, 15) is 8.78 Å². The van der Waals surface area contributed by atoms with Gasteiger partial charge in [0.1, 0.15) is 11.6 Å². The number of hydrogen-bond acceptors (Lipinski definition) is 2. The minimum absolute atomic E-state index is 0.485. The van der Waals surface area contributed by atoms with E-state index in [0.29, 0.717) is 24.2 Å². The van der Waals surface area contributed by atoms with Crippen LogP contribution in [0, 0.1) is 11.6 Å². The average molecular weight is 270 g/mol. The minimum Gasteiger partial charge on any atom is -0.311 e. The van der Waals surface area contributed by atoms with Crippen LogP contribution in [-0.2, 0) is 6.54 Å². The van der Waals surface area contributed by atoms with Gasteiger partial charge in [0.15, 0.2) is 0 Å². The number of halogens is 2. The first kappa shape index (κ1) is 16.1. The third kappa shape index (κ3) is 5.66. The molecular weight excluding hydrogens is 246 g/mol. The number of nitrogens with zero attached hydrogens (tertiary/aromatic N) is 1. The zero-order valence-electron chi connectivity index (χ0n) is 12.2. The van der Waals surface area contributed by atoms with E-state index in [1.54, 1.807) is 0 Å². The molecule has 0 aliphatic carbocycles. The molecule has 1 aromatic rings. The SMILES string of the molecule is CC(C)N(CCNCc1cc(F)cc(F)c1)C(C)C. The summed E-state index contributed by atoms with van der Waals surface area (Å²) in [6.07, 6.45) is 0. The molecule has 0 bridgehead atoms. The Hall–Kier alpha value is -1.00. The third-order valence-corrected chi connectivity index (χ3v) is 3.12. The highest BCUT2D eigenvalue weighted by Gasteiger charge is 2.12. The summed E-state index contributed by atoms with van der Waals surface area (Å²) in [5, 5.41) is 3.22. The lowest BCUT2D eigenvalue weighted by molar-refractivity contribution is 0.176. The summed E-state index contributed by atoms with van der Waals surface area (Å²) in [5.41, 5.74) is 0.637. The Labute approximate surface area is 114 Å². The van der Waals surface area contributed by atoms with Crippen LogP contribution < -0.4 is 5.32 Å². The molecule has 0 amide bonds. The van der Waals surface area contributed by atoms with Gasteiger partial charge in [0.25, 0.3) is 0 Å². The first-order valence-corrected chi connectivity index (χ1v) is 6.81. The molecule has 0 aliphatic rings. The van der Waals surface area contributed by atoms with Crippen molar-refractivity contribution >= 4 is 0 Å². The number of benzene rings is 1. The first-order chi connectivity index (χ1) is 8.90. The van der Waals surface area contributed by atoms with Crippen LogP contribution in [0.15, 0.2) is 18.2 Å². The van der Waals surface area contributed by atoms with Gasteiger partial charge >= 0.3 is 0 Å². The largest absolute Gasteiger partial charge is 0.311 e. The van der Waals surface area contributed by atoms with E-state index >= 15 is 0 Å². The lowest BCUT2D eigenvalue weighted by Crippen LogP contribution is -2.41. The van der Waals surface area contributed by atoms with Gasteiger partial charge in [-0.1, -0.05) is 0 Å². The molecule has 2 nitrogen and oxygen atoms in total. The van der Waals surface area contributed by atoms with Crippen molar-refractivity contribution in [2.24, 2.45) is 0 Å². The van der Waals surface area contributed by atoms with Crippen LogP contribution in [0.5, 0.6) is 0 Å². The number of hydrogen-bond donors (Lipinski definition) is 1. The van der Waals surface area contributed by atoms with Crippen LogP contribution in [0.2, 0.25) is 0 Å². The Bertz CT molecular complexity index is 363. The molecule has 0 heterocycles. The molecule has 0 spiro atoms. The van der Waals surface area contributed by atoms with Crippen molar-refractivity contribution in [3.05, 3.63) is 35.4 Å². The standard InChI is InChI=1S/C15H24F2N2/c1-11(2)19(12(3)4)6-5-18-10-13-7-14(16)9-15(17)8-13/h7-9,11-12,18H,5-6,10H2,1-4H3. The van der Waals surface area contributed by atoms with Crippen molar-refractivity contribution in [1.29, 1.82) is 0 Å². The Morgan fingerprint density at radius 2 is 1.53 bits per heavy atom. The molecule has 0 saturated heterocycles. The zero-order valence-corrected chi connectivity index (χ0v) is 12.2. The van der Waals surface area contributed by atoms with Crippen LogP contribution in [-0.4, -0.2) is 30.1 Å². The molecule has 0 radical (unpaired) electrons. The molecule has 0 aromatic heterocycles. The maximum atomic E-state index is 13.0. The average Bonchev–Trinajstić information content (AvgIpc) is 2.26. The maximum absolute atomic E-state index is 13.0. The molecule has 0 unspecified atom stereocenters. The van der Waals surface area contributed by atoms with E-state index in [1.165, 1.54) is 12.1 Å². The maximum Gasteiger partial charge on any atom is 0.126 e. The van der Waals surface area contributed by atoms with Crippen LogP contribution in [0.4, 0.5) is 8.78 Å². The van der Waals surface area contributed by atoms with Gasteiger partial charge in [0.2, 0.25) is 0 Å². The van der Waals surface area contributed by atoms with Crippen molar-refractivity contribution in [3.63, 3.8) is 0 Å². The molecule has 19 heavy (non-hydrogen) atoms. The van der Waals surface area contributed by atoms with Gasteiger partial charge in [-0.3, -0.25) is 4.90 Å². The van der Waals surface area contributed by atoms with Gasteiger partial charge in [0, 0.05) is 37.8 Å². The zero-order chi connectivity index (χ0) is 14.4. The van der Waals surface area contributed by atoms with Crippen LogP contribution in [0.1, 0.15) is 33.3 Å². The highest BCUT2D eigenvalue weighted by molar-refractivity contribution is 5.17. The molecule has 108 valence electrons. The Morgan fingerprint density at radius 3 is 2.00 bits per heavy atom. The Balaban J connectivity index is 2.38. The van der Waals surface area contributed by atoms with E-state index in [1.807, 2.05) is 0 Å². The predicted octanol–water partition coefficient (Wildman–Crippen LogP) is 3.17.